The Bertz CT molecular complexity index is 3320. The summed E-state index contributed by atoms with van der Waals surface area (Å²) in [6.45, 7) is 0. The van der Waals surface area contributed by atoms with Gasteiger partial charge in [0.15, 0.2) is 0 Å². The quantitative estimate of drug-likeness (QED) is 0.168. The highest BCUT2D eigenvalue weighted by atomic mass is 15.1. The molecular weight excluding hydrogens is 759 g/mol. The van der Waals surface area contributed by atoms with Gasteiger partial charge in [-0.2, -0.15) is 0 Å². The summed E-state index contributed by atoms with van der Waals surface area (Å²) in [5.41, 5.74) is 26.2. The second-order valence-corrected chi connectivity index (χ2v) is 17.1. The summed E-state index contributed by atoms with van der Waals surface area (Å²) in [5, 5.41) is 0. The Balaban J connectivity index is 1.08. The first-order chi connectivity index (χ1) is 31.3. The summed E-state index contributed by atoms with van der Waals surface area (Å²) in [7, 11) is 0. The van der Waals surface area contributed by atoms with Gasteiger partial charge in [0.05, 0.1) is 5.41 Å². The van der Waals surface area contributed by atoms with E-state index in [9.17, 15) is 0 Å². The maximum Gasteiger partial charge on any atom is 0.0725 e. The normalized spacial score (nSPS) is 14.7. The topological polar surface area (TPSA) is 3.24 Å². The Hall–Kier alpha value is -8.00. The number of nitrogens with zero attached hydrogens (tertiary/aromatic N) is 1. The van der Waals surface area contributed by atoms with Gasteiger partial charge in [-0.1, -0.05) is 200 Å². The van der Waals surface area contributed by atoms with Gasteiger partial charge in [0, 0.05) is 17.1 Å². The van der Waals surface area contributed by atoms with Crippen molar-refractivity contribution in [3.63, 3.8) is 0 Å². The van der Waals surface area contributed by atoms with Gasteiger partial charge in [0.1, 0.15) is 0 Å². The molecule has 63 heavy (non-hydrogen) atoms. The number of rotatable bonds is 5. The molecule has 0 bridgehead atoms. The highest BCUT2D eigenvalue weighted by Crippen LogP contribution is 2.64. The van der Waals surface area contributed by atoms with Gasteiger partial charge in [0.2, 0.25) is 0 Å². The van der Waals surface area contributed by atoms with Crippen LogP contribution in [-0.2, 0) is 11.8 Å². The van der Waals surface area contributed by atoms with Crippen LogP contribution in [0.25, 0.3) is 66.8 Å². The first-order valence-electron chi connectivity index (χ1n) is 22.1. The lowest BCUT2D eigenvalue weighted by molar-refractivity contribution is 0.775. The summed E-state index contributed by atoms with van der Waals surface area (Å²) in [4.78, 5) is 2.43. The molecule has 0 saturated carbocycles. The van der Waals surface area contributed by atoms with E-state index in [4.69, 9.17) is 0 Å². The molecule has 10 aromatic rings. The third-order valence-electron chi connectivity index (χ3n) is 13.9. The molecule has 0 radical (unpaired) electrons. The number of hydrogen-bond acceptors (Lipinski definition) is 1. The predicted molar refractivity (Wildman–Crippen MR) is 262 cm³/mol. The fraction of sp³-hybridized carbons (Fsp3) is 0.0323. The second-order valence-electron chi connectivity index (χ2n) is 17.1. The summed E-state index contributed by atoms with van der Waals surface area (Å²) >= 11 is 0. The number of anilines is 3. The van der Waals surface area contributed by atoms with Crippen molar-refractivity contribution in [3.8, 4) is 66.8 Å². The predicted octanol–water partition coefficient (Wildman–Crippen LogP) is 16.1. The van der Waals surface area contributed by atoms with Crippen LogP contribution >= 0.6 is 0 Å². The molecule has 0 saturated heterocycles. The molecule has 0 N–H and O–H groups in total. The van der Waals surface area contributed by atoms with E-state index in [-0.39, 0.29) is 0 Å². The average molecular weight is 800 g/mol. The SMILES string of the molecule is c1ccc(-c2ccc(N(c3ccc(-c4ccccc4)cc3)c3ccc4c(c3)-c3ccccc3-c3ccccc3C43c4ccccc4-c4c3ccc3c4-c4ccccc4C3)cc2)cc1. The van der Waals surface area contributed by atoms with Crippen molar-refractivity contribution in [2.45, 2.75) is 11.8 Å². The Morgan fingerprint density at radius 3 is 1.35 bits per heavy atom. The van der Waals surface area contributed by atoms with Gasteiger partial charge in [-0.25, -0.2) is 0 Å². The lowest BCUT2D eigenvalue weighted by atomic mass is 9.65. The zero-order valence-electron chi connectivity index (χ0n) is 34.7. The molecule has 1 unspecified atom stereocenters. The Morgan fingerprint density at radius 2 is 0.714 bits per heavy atom. The summed E-state index contributed by atoms with van der Waals surface area (Å²) in [6.07, 6.45) is 0.963. The molecule has 3 aliphatic rings. The monoisotopic (exact) mass is 799 g/mol. The Labute approximate surface area is 368 Å². The average Bonchev–Trinajstić information content (AvgIpc) is 3.85. The van der Waals surface area contributed by atoms with Crippen LogP contribution in [0.2, 0.25) is 0 Å². The third kappa shape index (κ3) is 5.30. The maximum atomic E-state index is 2.47. The molecule has 0 aromatic heterocycles. The van der Waals surface area contributed by atoms with Crippen LogP contribution in [-0.4, -0.2) is 0 Å². The molecule has 0 amide bonds. The van der Waals surface area contributed by atoms with Crippen molar-refractivity contribution >= 4 is 17.1 Å². The van der Waals surface area contributed by atoms with E-state index in [1.54, 1.807) is 0 Å². The highest BCUT2D eigenvalue weighted by Gasteiger charge is 2.51. The van der Waals surface area contributed by atoms with Crippen LogP contribution in [0.3, 0.4) is 0 Å². The smallest absolute Gasteiger partial charge is 0.0725 e. The van der Waals surface area contributed by atoms with E-state index in [1.165, 1.54) is 100 Å². The zero-order chi connectivity index (χ0) is 41.5. The highest BCUT2D eigenvalue weighted by molar-refractivity contribution is 6.03. The van der Waals surface area contributed by atoms with Crippen molar-refractivity contribution in [1.82, 2.24) is 0 Å². The summed E-state index contributed by atoms with van der Waals surface area (Å²) in [5.74, 6) is 0. The van der Waals surface area contributed by atoms with Gasteiger partial charge in [-0.15, -0.1) is 0 Å². The molecule has 13 rings (SSSR count). The molecule has 0 fully saturated rings. The fourth-order valence-corrected chi connectivity index (χ4v) is 11.2. The van der Waals surface area contributed by atoms with Gasteiger partial charge < -0.3 is 4.90 Å². The van der Waals surface area contributed by atoms with Crippen molar-refractivity contribution in [1.29, 1.82) is 0 Å². The molecule has 294 valence electrons. The minimum atomic E-state index is -0.568. The van der Waals surface area contributed by atoms with Gasteiger partial charge in [-0.05, 0) is 143 Å². The minimum absolute atomic E-state index is 0.568. The zero-order valence-corrected chi connectivity index (χ0v) is 34.7. The van der Waals surface area contributed by atoms with E-state index in [2.05, 4.69) is 241 Å². The van der Waals surface area contributed by atoms with E-state index >= 15 is 0 Å². The Kier molecular flexibility index (Phi) is 7.95. The van der Waals surface area contributed by atoms with Gasteiger partial charge in [-0.3, -0.25) is 0 Å². The largest absolute Gasteiger partial charge is 0.310 e. The summed E-state index contributed by atoms with van der Waals surface area (Å²) < 4.78 is 0. The van der Waals surface area contributed by atoms with E-state index in [0.29, 0.717) is 0 Å². The summed E-state index contributed by atoms with van der Waals surface area (Å²) in [6, 6.07) is 88.2. The third-order valence-corrected chi connectivity index (χ3v) is 13.9. The molecule has 0 aliphatic heterocycles. The number of benzene rings is 10. The molecule has 0 heterocycles. The lowest BCUT2D eigenvalue weighted by Crippen LogP contribution is -2.29. The first-order valence-corrected chi connectivity index (χ1v) is 22.1. The van der Waals surface area contributed by atoms with E-state index in [0.717, 1.165) is 23.5 Å². The van der Waals surface area contributed by atoms with Crippen LogP contribution in [0.1, 0.15) is 33.4 Å². The molecule has 1 spiro atoms. The standard InChI is InChI=1S/C62H41N/c1-3-15-41(16-4-1)43-27-32-47(33-28-43)63(48-34-29-44(30-35-48)42-17-5-2-6-18-42)49-36-38-58-55(40-49)52-22-10-9-21-51(52)53-23-11-13-25-56(53)62(58)57-26-14-12-24-54(57)61-59(62)37-31-46-39-45-19-7-8-20-50(45)60(46)61/h1-38,40H,39H2. The van der Waals surface area contributed by atoms with Crippen molar-refractivity contribution in [3.05, 3.63) is 270 Å². The molecule has 3 aliphatic carbocycles. The molecule has 1 atom stereocenters. The number of hydrogen-bond donors (Lipinski definition) is 0. The molecule has 10 aromatic carbocycles. The Morgan fingerprint density at radius 1 is 0.270 bits per heavy atom. The van der Waals surface area contributed by atoms with Gasteiger partial charge >= 0.3 is 0 Å². The van der Waals surface area contributed by atoms with E-state index < -0.39 is 5.41 Å². The first kappa shape index (κ1) is 35.7. The van der Waals surface area contributed by atoms with Crippen molar-refractivity contribution < 1.29 is 0 Å². The molecule has 1 nitrogen and oxygen atoms in total. The number of fused-ring (bicyclic) bond motifs is 16. The van der Waals surface area contributed by atoms with E-state index in [1.807, 2.05) is 0 Å². The van der Waals surface area contributed by atoms with Crippen LogP contribution in [0.15, 0.2) is 237 Å². The molecule has 1 heteroatoms. The van der Waals surface area contributed by atoms with Crippen LogP contribution in [0.4, 0.5) is 17.1 Å². The van der Waals surface area contributed by atoms with Crippen molar-refractivity contribution in [2.75, 3.05) is 4.90 Å². The van der Waals surface area contributed by atoms with Crippen LogP contribution < -0.4 is 4.90 Å². The fourth-order valence-electron chi connectivity index (χ4n) is 11.2. The van der Waals surface area contributed by atoms with Crippen LogP contribution in [0, 0.1) is 0 Å². The van der Waals surface area contributed by atoms with Gasteiger partial charge in [0.25, 0.3) is 0 Å². The minimum Gasteiger partial charge on any atom is -0.310 e. The van der Waals surface area contributed by atoms with Crippen LogP contribution in [0.5, 0.6) is 0 Å². The molecular formula is C62H41N. The van der Waals surface area contributed by atoms with Crippen molar-refractivity contribution in [2.24, 2.45) is 0 Å². The second kappa shape index (κ2) is 14.0. The lowest BCUT2D eigenvalue weighted by Gasteiger charge is -2.36. The maximum absolute atomic E-state index is 2.47.